The van der Waals surface area contributed by atoms with E-state index in [1.807, 2.05) is 14.0 Å². The lowest BCUT2D eigenvalue weighted by Gasteiger charge is -1.89. The number of hydrogen-bond donors (Lipinski definition) is 0. The normalized spacial score (nSPS) is 10.7. The van der Waals surface area contributed by atoms with Gasteiger partial charge in [0.05, 0.1) is 11.9 Å². The first kappa shape index (κ1) is 6.27. The van der Waals surface area contributed by atoms with Crippen LogP contribution in [0.5, 0.6) is 0 Å². The van der Waals surface area contributed by atoms with E-state index in [9.17, 15) is 0 Å². The van der Waals surface area contributed by atoms with Crippen LogP contribution in [0.25, 0.3) is 11.0 Å². The van der Waals surface area contributed by atoms with Gasteiger partial charge in [-0.3, -0.25) is 4.68 Å². The maximum Gasteiger partial charge on any atom is 0.129 e. The van der Waals surface area contributed by atoms with Gasteiger partial charge >= 0.3 is 0 Å². The number of hydrogen-bond acceptors (Lipinski definition) is 3. The highest BCUT2D eigenvalue weighted by molar-refractivity contribution is 5.75. The second-order valence-corrected chi connectivity index (χ2v) is 2.47. The second-order valence-electron chi connectivity index (χ2n) is 2.47. The Morgan fingerprint density at radius 2 is 2.27 bits per heavy atom. The fourth-order valence-electron chi connectivity index (χ4n) is 1.06. The van der Waals surface area contributed by atoms with Gasteiger partial charge in [-0.1, -0.05) is 0 Å². The van der Waals surface area contributed by atoms with Gasteiger partial charge in [0, 0.05) is 7.05 Å². The highest BCUT2D eigenvalue weighted by Gasteiger charge is 2.03. The summed E-state index contributed by atoms with van der Waals surface area (Å²) in [6.45, 7) is 1.99. The third-order valence-corrected chi connectivity index (χ3v) is 1.78. The average Bonchev–Trinajstić information content (AvgIpc) is 2.30. The molecule has 56 valence electrons. The van der Waals surface area contributed by atoms with Gasteiger partial charge < -0.3 is 0 Å². The van der Waals surface area contributed by atoms with Crippen LogP contribution in [0.3, 0.4) is 0 Å². The Hall–Kier alpha value is -1.45. The standard InChI is InChI=1S/C7H8N4/c1-5-7-6(10-11(5)2)3-8-4-9-7/h3-4H,1-2H3. The van der Waals surface area contributed by atoms with Crippen molar-refractivity contribution in [3.8, 4) is 0 Å². The van der Waals surface area contributed by atoms with E-state index in [0.717, 1.165) is 16.7 Å². The molecule has 4 heteroatoms. The van der Waals surface area contributed by atoms with Crippen LogP contribution in [0.2, 0.25) is 0 Å². The van der Waals surface area contributed by atoms with Gasteiger partial charge in [-0.25, -0.2) is 9.97 Å². The largest absolute Gasteiger partial charge is 0.270 e. The molecule has 0 bridgehead atoms. The molecule has 0 saturated heterocycles. The van der Waals surface area contributed by atoms with Crippen LogP contribution in [-0.2, 0) is 7.05 Å². The summed E-state index contributed by atoms with van der Waals surface area (Å²) >= 11 is 0. The van der Waals surface area contributed by atoms with Crippen LogP contribution in [0.1, 0.15) is 5.69 Å². The molecule has 0 fully saturated rings. The van der Waals surface area contributed by atoms with E-state index in [1.165, 1.54) is 6.33 Å². The molecular weight excluding hydrogens is 140 g/mol. The van der Waals surface area contributed by atoms with Crippen LogP contribution < -0.4 is 0 Å². The third kappa shape index (κ3) is 0.790. The molecule has 0 spiro atoms. The summed E-state index contributed by atoms with van der Waals surface area (Å²) in [6, 6.07) is 0. The Balaban J connectivity index is 2.92. The molecule has 0 aliphatic carbocycles. The van der Waals surface area contributed by atoms with E-state index in [2.05, 4.69) is 15.1 Å². The Kier molecular flexibility index (Phi) is 1.15. The fourth-order valence-corrected chi connectivity index (χ4v) is 1.06. The van der Waals surface area contributed by atoms with E-state index in [0.29, 0.717) is 0 Å². The molecule has 0 amide bonds. The minimum atomic E-state index is 0.854. The lowest BCUT2D eigenvalue weighted by atomic mass is 10.4. The minimum absolute atomic E-state index is 0.854. The summed E-state index contributed by atoms with van der Waals surface area (Å²) in [5.74, 6) is 0. The van der Waals surface area contributed by atoms with E-state index in [1.54, 1.807) is 10.9 Å². The number of fused-ring (bicyclic) bond motifs is 1. The van der Waals surface area contributed by atoms with Crippen LogP contribution >= 0.6 is 0 Å². The maximum absolute atomic E-state index is 4.20. The van der Waals surface area contributed by atoms with Crippen molar-refractivity contribution in [1.82, 2.24) is 19.7 Å². The van der Waals surface area contributed by atoms with Crippen molar-refractivity contribution in [2.75, 3.05) is 0 Å². The fraction of sp³-hybridized carbons (Fsp3) is 0.286. The zero-order valence-electron chi connectivity index (χ0n) is 6.44. The molecule has 11 heavy (non-hydrogen) atoms. The van der Waals surface area contributed by atoms with E-state index in [4.69, 9.17) is 0 Å². The number of nitrogens with zero attached hydrogens (tertiary/aromatic N) is 4. The van der Waals surface area contributed by atoms with E-state index in [-0.39, 0.29) is 0 Å². The Morgan fingerprint density at radius 1 is 1.45 bits per heavy atom. The van der Waals surface area contributed by atoms with Crippen LogP contribution in [0.15, 0.2) is 12.5 Å². The molecular formula is C7H8N4. The number of aromatic nitrogens is 4. The monoisotopic (exact) mass is 148 g/mol. The summed E-state index contributed by atoms with van der Waals surface area (Å²) < 4.78 is 1.80. The van der Waals surface area contributed by atoms with Gasteiger partial charge in [-0.05, 0) is 6.92 Å². The quantitative estimate of drug-likeness (QED) is 0.551. The molecule has 0 aliphatic heterocycles. The predicted octanol–water partition coefficient (Wildman–Crippen LogP) is 0.672. The van der Waals surface area contributed by atoms with Gasteiger partial charge in [0.15, 0.2) is 0 Å². The van der Waals surface area contributed by atoms with Crippen molar-refractivity contribution < 1.29 is 0 Å². The molecule has 0 unspecified atom stereocenters. The molecule has 2 aromatic heterocycles. The first-order chi connectivity index (χ1) is 5.29. The summed E-state index contributed by atoms with van der Waals surface area (Å²) in [5, 5.41) is 4.20. The van der Waals surface area contributed by atoms with E-state index >= 15 is 0 Å². The predicted molar refractivity (Wildman–Crippen MR) is 41.0 cm³/mol. The number of aryl methyl sites for hydroxylation is 2. The smallest absolute Gasteiger partial charge is 0.129 e. The Labute approximate surface area is 63.9 Å². The first-order valence-electron chi connectivity index (χ1n) is 3.38. The third-order valence-electron chi connectivity index (χ3n) is 1.78. The molecule has 0 atom stereocenters. The summed E-state index contributed by atoms with van der Waals surface area (Å²) in [4.78, 5) is 7.99. The highest BCUT2D eigenvalue weighted by atomic mass is 15.3. The van der Waals surface area contributed by atoms with Crippen molar-refractivity contribution >= 4 is 11.0 Å². The van der Waals surface area contributed by atoms with Gasteiger partial charge in [-0.2, -0.15) is 5.10 Å². The van der Waals surface area contributed by atoms with E-state index < -0.39 is 0 Å². The second kappa shape index (κ2) is 2.02. The molecule has 0 aromatic carbocycles. The molecule has 0 N–H and O–H groups in total. The van der Waals surface area contributed by atoms with Crippen LogP contribution in [0, 0.1) is 6.92 Å². The van der Waals surface area contributed by atoms with Gasteiger partial charge in [0.1, 0.15) is 17.4 Å². The zero-order valence-corrected chi connectivity index (χ0v) is 6.44. The Morgan fingerprint density at radius 3 is 3.00 bits per heavy atom. The summed E-state index contributed by atoms with van der Waals surface area (Å²) in [6.07, 6.45) is 3.26. The average molecular weight is 148 g/mol. The summed E-state index contributed by atoms with van der Waals surface area (Å²) in [5.41, 5.74) is 2.86. The van der Waals surface area contributed by atoms with Crippen molar-refractivity contribution in [3.05, 3.63) is 18.2 Å². The highest BCUT2D eigenvalue weighted by Crippen LogP contribution is 2.10. The van der Waals surface area contributed by atoms with Crippen molar-refractivity contribution in [2.45, 2.75) is 6.92 Å². The molecule has 0 radical (unpaired) electrons. The van der Waals surface area contributed by atoms with Crippen LogP contribution in [0.4, 0.5) is 0 Å². The molecule has 0 aliphatic rings. The van der Waals surface area contributed by atoms with Gasteiger partial charge in [-0.15, -0.1) is 0 Å². The van der Waals surface area contributed by atoms with Crippen molar-refractivity contribution in [3.63, 3.8) is 0 Å². The minimum Gasteiger partial charge on any atom is -0.270 e. The molecule has 4 nitrogen and oxygen atoms in total. The zero-order chi connectivity index (χ0) is 7.84. The summed E-state index contributed by atoms with van der Waals surface area (Å²) in [7, 11) is 1.90. The maximum atomic E-state index is 4.20. The number of rotatable bonds is 0. The molecule has 2 rings (SSSR count). The van der Waals surface area contributed by atoms with Gasteiger partial charge in [0.25, 0.3) is 0 Å². The lowest BCUT2D eigenvalue weighted by Crippen LogP contribution is -1.91. The SMILES string of the molecule is Cc1c2ncncc2nn1C. The van der Waals surface area contributed by atoms with Crippen molar-refractivity contribution in [1.29, 1.82) is 0 Å². The lowest BCUT2D eigenvalue weighted by molar-refractivity contribution is 0.750. The van der Waals surface area contributed by atoms with Crippen molar-refractivity contribution in [2.24, 2.45) is 7.05 Å². The molecule has 0 saturated carbocycles. The van der Waals surface area contributed by atoms with Crippen LogP contribution in [-0.4, -0.2) is 19.7 Å². The van der Waals surface area contributed by atoms with Gasteiger partial charge in [0.2, 0.25) is 0 Å². The molecule has 2 aromatic rings. The topological polar surface area (TPSA) is 43.6 Å². The molecule has 2 heterocycles. The Bertz CT molecular complexity index is 390. The first-order valence-corrected chi connectivity index (χ1v) is 3.38.